The summed E-state index contributed by atoms with van der Waals surface area (Å²) in [5.74, 6) is 2.52. The number of pyridine rings is 1. The Morgan fingerprint density at radius 2 is 1.04 bits per heavy atom. The Labute approximate surface area is 436 Å². The van der Waals surface area contributed by atoms with Gasteiger partial charge in [-0.1, -0.05) is 166 Å². The van der Waals surface area contributed by atoms with Gasteiger partial charge in [0.05, 0.1) is 22.4 Å². The number of anilines is 4. The van der Waals surface area contributed by atoms with Crippen LogP contribution in [-0.2, 0) is 5.41 Å². The van der Waals surface area contributed by atoms with Crippen LogP contribution >= 0.6 is 0 Å². The first-order chi connectivity index (χ1) is 37.5. The van der Waals surface area contributed by atoms with Crippen LogP contribution in [0.1, 0.15) is 104 Å². The van der Waals surface area contributed by atoms with Crippen LogP contribution in [0, 0.1) is 6.85 Å². The summed E-state index contributed by atoms with van der Waals surface area (Å²) in [5, 5.41) is 2.05. The number of aromatic nitrogens is 2. The fourth-order valence-corrected chi connectivity index (χ4v) is 13.4. The van der Waals surface area contributed by atoms with Crippen LogP contribution in [0.25, 0.3) is 38.8 Å². The molecule has 0 saturated heterocycles. The van der Waals surface area contributed by atoms with E-state index in [0.717, 1.165) is 38.7 Å². The highest BCUT2D eigenvalue weighted by Crippen LogP contribution is 2.65. The lowest BCUT2D eigenvalue weighted by Gasteiger charge is -2.51. The zero-order valence-electron chi connectivity index (χ0n) is 44.5. The van der Waals surface area contributed by atoms with Crippen LogP contribution in [0.15, 0.2) is 219 Å². The number of hydrogen-bond acceptors (Lipinski definition) is 4. The van der Waals surface area contributed by atoms with Crippen molar-refractivity contribution < 1.29 is 8.85 Å². The molecule has 2 atom stereocenters. The van der Waals surface area contributed by atoms with Gasteiger partial charge in [0.2, 0.25) is 0 Å². The predicted octanol–water partition coefficient (Wildman–Crippen LogP) is 17.4. The monoisotopic (exact) mass is 957 g/mol. The quantitative estimate of drug-likeness (QED) is 0.166. The highest BCUT2D eigenvalue weighted by Gasteiger charge is 2.51. The van der Waals surface area contributed by atoms with Crippen LogP contribution < -0.4 is 14.5 Å². The predicted molar refractivity (Wildman–Crippen MR) is 303 cm³/mol. The summed E-state index contributed by atoms with van der Waals surface area (Å²) in [4.78, 5) is 9.95. The third kappa shape index (κ3) is 6.38. The normalized spacial score (nSPS) is 18.7. The Hall–Kier alpha value is -8.67. The molecular formula is C69H54N4O. The van der Waals surface area contributed by atoms with E-state index < -0.39 is 6.85 Å². The van der Waals surface area contributed by atoms with Gasteiger partial charge in [-0.05, 0) is 128 Å². The zero-order chi connectivity index (χ0) is 51.9. The third-order valence-electron chi connectivity index (χ3n) is 16.7. The molecule has 2 unspecified atom stereocenters. The Bertz CT molecular complexity index is 4160. The number of fused-ring (bicyclic) bond motifs is 4. The Kier molecular flexibility index (Phi) is 8.71. The minimum atomic E-state index is -2.38. The van der Waals surface area contributed by atoms with E-state index in [1.807, 2.05) is 42.5 Å². The number of ether oxygens (including phenoxy) is 1. The first-order valence-electron chi connectivity index (χ1n) is 27.4. The molecule has 0 amide bonds. The molecule has 4 bridgehead atoms. The molecule has 0 N–H and O–H groups in total. The topological polar surface area (TPSA) is 33.5 Å². The number of hydrogen-bond donors (Lipinski definition) is 0. The number of aryl methyl sites for hydroxylation is 1. The molecule has 6 aliphatic carbocycles. The Balaban J connectivity index is 0.794. The van der Waals surface area contributed by atoms with Crippen LogP contribution in [0.3, 0.4) is 0 Å². The summed E-state index contributed by atoms with van der Waals surface area (Å²) < 4.78 is 35.0. The second kappa shape index (κ2) is 16.2. The van der Waals surface area contributed by atoms with Crippen LogP contribution in [0.2, 0.25) is 0 Å². The average Bonchev–Trinajstić information content (AvgIpc) is 4.13. The van der Waals surface area contributed by atoms with Gasteiger partial charge in [-0.15, -0.1) is 0 Å². The van der Waals surface area contributed by atoms with Gasteiger partial charge >= 0.3 is 0 Å². The fraction of sp³-hybridized carbons (Fsp3) is 0.145. The van der Waals surface area contributed by atoms with Gasteiger partial charge in [-0.2, -0.15) is 0 Å². The molecule has 5 nitrogen and oxygen atoms in total. The first-order valence-corrected chi connectivity index (χ1v) is 25.9. The molecule has 0 saturated carbocycles. The van der Waals surface area contributed by atoms with Gasteiger partial charge in [-0.3, -0.25) is 4.57 Å². The smallest absolute Gasteiger partial charge is 0.137 e. The van der Waals surface area contributed by atoms with Crippen LogP contribution in [-0.4, -0.2) is 16.2 Å². The molecule has 18 rings (SSSR count). The highest BCUT2D eigenvalue weighted by molar-refractivity contribution is 6.09. The van der Waals surface area contributed by atoms with Crippen molar-refractivity contribution in [3.63, 3.8) is 0 Å². The van der Waals surface area contributed by atoms with Crippen molar-refractivity contribution in [3.05, 3.63) is 274 Å². The summed E-state index contributed by atoms with van der Waals surface area (Å²) in [6.45, 7) is 4.76. The average molecular weight is 958 g/mol. The van der Waals surface area contributed by atoms with Crippen molar-refractivity contribution in [1.29, 1.82) is 0 Å². The SMILES string of the molecule is [2H]C([2H])([2H])c1cc(-n2c3ccccc3c3ccc(Oc4cccc(N5CN(c6cccc7c6C6c8ccccc8C7C7c8ccccc8C6c6ccccc67)c6ccccc65)c4)cc32)ncc1-c1ccc(C(C)(C)C)cc1. The van der Waals surface area contributed by atoms with E-state index in [0.29, 0.717) is 29.5 Å². The van der Waals surface area contributed by atoms with Gasteiger partial charge in [0.1, 0.15) is 24.0 Å². The van der Waals surface area contributed by atoms with Crippen molar-refractivity contribution in [1.82, 2.24) is 9.55 Å². The summed E-state index contributed by atoms with van der Waals surface area (Å²) in [7, 11) is 0. The van der Waals surface area contributed by atoms with E-state index in [-0.39, 0.29) is 34.7 Å². The van der Waals surface area contributed by atoms with Crippen molar-refractivity contribution >= 4 is 44.6 Å². The standard InChI is InChI=1S/C69H54N4O/c1-42-37-63(70-40-57(42)43-31-33-44(34-32-43)69(2,3)4)73-58-27-12-11-19-48(58)49-36-35-47(39-62(49)73)74-46-18-15-17-45(38-46)71-41-72(60-29-14-13-28-59(60)71)61-30-16-26-56-66-54-24-9-10-25-55(54)68(67(56)61)65-52-22-7-5-20-50(52)64(66)51-21-6-8-23-53(51)65/h5-40,64-66,68H,41H2,1-4H3/i1D3. The second-order valence-electron chi connectivity index (χ2n) is 21.6. The van der Waals surface area contributed by atoms with E-state index in [1.165, 1.54) is 61.4 Å². The summed E-state index contributed by atoms with van der Waals surface area (Å²) in [6, 6.07) is 76.3. The molecule has 0 radical (unpaired) electrons. The molecule has 2 aromatic heterocycles. The maximum absolute atomic E-state index is 8.71. The maximum atomic E-state index is 8.71. The van der Waals surface area contributed by atoms with Gasteiger partial charge in [0.25, 0.3) is 0 Å². The first kappa shape index (κ1) is 39.9. The Morgan fingerprint density at radius 1 is 0.486 bits per heavy atom. The molecule has 0 spiro atoms. The zero-order valence-corrected chi connectivity index (χ0v) is 41.5. The summed E-state index contributed by atoms with van der Waals surface area (Å²) >= 11 is 0. The van der Waals surface area contributed by atoms with Crippen molar-refractivity contribution in [2.45, 2.75) is 56.7 Å². The molecule has 356 valence electrons. The van der Waals surface area contributed by atoms with E-state index in [4.69, 9.17) is 13.8 Å². The highest BCUT2D eigenvalue weighted by atomic mass is 16.5. The molecule has 1 aliphatic heterocycles. The van der Waals surface area contributed by atoms with Gasteiger partial charge < -0.3 is 14.5 Å². The maximum Gasteiger partial charge on any atom is 0.137 e. The lowest BCUT2D eigenvalue weighted by atomic mass is 9.53. The minimum Gasteiger partial charge on any atom is -0.457 e. The molecular weight excluding hydrogens is 901 g/mol. The molecule has 3 heterocycles. The van der Waals surface area contributed by atoms with Crippen molar-refractivity contribution in [2.24, 2.45) is 0 Å². The minimum absolute atomic E-state index is 0.0298. The van der Waals surface area contributed by atoms with Crippen LogP contribution in [0.4, 0.5) is 22.7 Å². The van der Waals surface area contributed by atoms with Gasteiger partial charge in [0, 0.05) is 73.8 Å². The number of nitrogens with zero attached hydrogens (tertiary/aromatic N) is 4. The number of para-hydroxylation sites is 3. The second-order valence-corrected chi connectivity index (χ2v) is 21.6. The molecule has 5 heteroatoms. The number of benzene rings is 9. The number of rotatable bonds is 6. The molecule has 0 fully saturated rings. The Morgan fingerprint density at radius 3 is 1.73 bits per heavy atom. The van der Waals surface area contributed by atoms with E-state index in [2.05, 4.69) is 199 Å². The van der Waals surface area contributed by atoms with Crippen LogP contribution in [0.5, 0.6) is 11.5 Å². The van der Waals surface area contributed by atoms with Crippen molar-refractivity contribution in [3.8, 4) is 28.4 Å². The van der Waals surface area contributed by atoms with Gasteiger partial charge in [0.15, 0.2) is 0 Å². The molecule has 9 aromatic carbocycles. The van der Waals surface area contributed by atoms with Gasteiger partial charge in [-0.25, -0.2) is 4.98 Å². The lowest BCUT2D eigenvalue weighted by molar-refractivity contribution is 0.483. The van der Waals surface area contributed by atoms with Crippen molar-refractivity contribution in [2.75, 3.05) is 16.5 Å². The molecule has 7 aliphatic rings. The largest absolute Gasteiger partial charge is 0.457 e. The van der Waals surface area contributed by atoms with E-state index in [9.17, 15) is 0 Å². The summed E-state index contributed by atoms with van der Waals surface area (Å²) in [5.41, 5.74) is 20.8. The molecule has 74 heavy (non-hydrogen) atoms. The summed E-state index contributed by atoms with van der Waals surface area (Å²) in [6.07, 6.45) is 1.72. The van der Waals surface area contributed by atoms with E-state index >= 15 is 0 Å². The lowest BCUT2D eigenvalue weighted by Crippen LogP contribution is -2.37. The fourth-order valence-electron chi connectivity index (χ4n) is 13.4. The molecule has 11 aromatic rings. The van der Waals surface area contributed by atoms with E-state index in [1.54, 1.807) is 12.3 Å². The third-order valence-corrected chi connectivity index (χ3v) is 16.7.